The monoisotopic (exact) mass is 388 g/mol. The number of aryl methyl sites for hydroxylation is 1. The van der Waals surface area contributed by atoms with Gasteiger partial charge in [0, 0.05) is 37.8 Å². The summed E-state index contributed by atoms with van der Waals surface area (Å²) in [6.45, 7) is 3.38. The van der Waals surface area contributed by atoms with Crippen molar-refractivity contribution >= 4 is 17.5 Å². The van der Waals surface area contributed by atoms with Crippen LogP contribution in [0, 0.1) is 24.5 Å². The minimum atomic E-state index is -0.794. The molecule has 2 aliphatic heterocycles. The van der Waals surface area contributed by atoms with Crippen molar-refractivity contribution in [3.05, 3.63) is 47.3 Å². The van der Waals surface area contributed by atoms with Crippen molar-refractivity contribution in [3.8, 4) is 0 Å². The Labute approximate surface area is 161 Å². The minimum absolute atomic E-state index is 0.0239. The summed E-state index contributed by atoms with van der Waals surface area (Å²) in [5.41, 5.74) is 2.28. The number of benzene rings is 1. The molecule has 1 aromatic carbocycles. The molecule has 148 valence electrons. The number of hydrogen-bond donors (Lipinski definition) is 1. The van der Waals surface area contributed by atoms with E-state index in [9.17, 15) is 18.4 Å². The van der Waals surface area contributed by atoms with Crippen LogP contribution in [0.25, 0.3) is 0 Å². The van der Waals surface area contributed by atoms with Crippen LogP contribution < -0.4 is 4.90 Å². The van der Waals surface area contributed by atoms with Gasteiger partial charge >= 0.3 is 0 Å². The van der Waals surface area contributed by atoms with E-state index in [1.807, 2.05) is 13.1 Å². The molecule has 2 saturated heterocycles. The highest BCUT2D eigenvalue weighted by atomic mass is 19.1. The Morgan fingerprint density at radius 3 is 2.64 bits per heavy atom. The summed E-state index contributed by atoms with van der Waals surface area (Å²) < 4.78 is 27.2. The van der Waals surface area contributed by atoms with Gasteiger partial charge in [-0.2, -0.15) is 5.10 Å². The smallest absolute Gasteiger partial charge is 0.228 e. The Bertz CT molecular complexity index is 905. The number of carbonyl (C=O) groups excluding carboxylic acids is 2. The van der Waals surface area contributed by atoms with Crippen LogP contribution in [-0.2, 0) is 9.59 Å². The fraction of sp³-hybridized carbons (Fsp3) is 0.450. The van der Waals surface area contributed by atoms with Gasteiger partial charge in [-0.3, -0.25) is 14.7 Å². The van der Waals surface area contributed by atoms with Gasteiger partial charge in [0.1, 0.15) is 11.6 Å². The molecule has 8 heteroatoms. The van der Waals surface area contributed by atoms with E-state index in [-0.39, 0.29) is 30.5 Å². The van der Waals surface area contributed by atoms with Crippen LogP contribution >= 0.6 is 0 Å². The van der Waals surface area contributed by atoms with Gasteiger partial charge in [0.05, 0.1) is 17.8 Å². The number of H-pyrrole nitrogens is 1. The molecule has 2 fully saturated rings. The lowest BCUT2D eigenvalue weighted by Crippen LogP contribution is -2.42. The average molecular weight is 388 g/mol. The predicted molar refractivity (Wildman–Crippen MR) is 98.7 cm³/mol. The van der Waals surface area contributed by atoms with E-state index in [2.05, 4.69) is 10.2 Å². The largest absolute Gasteiger partial charge is 0.342 e. The predicted octanol–water partition coefficient (Wildman–Crippen LogP) is 2.76. The summed E-state index contributed by atoms with van der Waals surface area (Å²) in [7, 11) is 0. The third-order valence-corrected chi connectivity index (χ3v) is 5.79. The number of anilines is 1. The van der Waals surface area contributed by atoms with Gasteiger partial charge in [-0.1, -0.05) is 0 Å². The number of halogens is 2. The van der Waals surface area contributed by atoms with Gasteiger partial charge < -0.3 is 9.80 Å². The molecule has 28 heavy (non-hydrogen) atoms. The second kappa shape index (κ2) is 7.33. The number of piperidine rings is 1. The molecule has 2 aromatic rings. The highest BCUT2D eigenvalue weighted by Gasteiger charge is 2.39. The summed E-state index contributed by atoms with van der Waals surface area (Å²) in [4.78, 5) is 28.3. The van der Waals surface area contributed by atoms with Gasteiger partial charge in [0.15, 0.2) is 0 Å². The Hall–Kier alpha value is -2.77. The van der Waals surface area contributed by atoms with Crippen molar-refractivity contribution < 1.29 is 18.4 Å². The van der Waals surface area contributed by atoms with E-state index in [0.29, 0.717) is 19.0 Å². The molecule has 1 atom stereocenters. The molecular weight excluding hydrogens is 366 g/mol. The zero-order chi connectivity index (χ0) is 19.8. The number of aromatic nitrogens is 2. The summed E-state index contributed by atoms with van der Waals surface area (Å²) in [5.74, 6) is -2.00. The molecule has 6 nitrogen and oxygen atoms in total. The third kappa shape index (κ3) is 3.39. The van der Waals surface area contributed by atoms with Crippen molar-refractivity contribution in [2.75, 3.05) is 24.5 Å². The number of aromatic amines is 1. The molecule has 0 spiro atoms. The first-order valence-electron chi connectivity index (χ1n) is 9.48. The van der Waals surface area contributed by atoms with Crippen molar-refractivity contribution in [2.24, 2.45) is 5.92 Å². The normalized spacial score (nSPS) is 20.8. The number of rotatable bonds is 3. The molecule has 2 aliphatic rings. The molecule has 0 aliphatic carbocycles. The average Bonchev–Trinajstić information content (AvgIpc) is 3.27. The minimum Gasteiger partial charge on any atom is -0.342 e. The maximum absolute atomic E-state index is 14.0. The van der Waals surface area contributed by atoms with Crippen LogP contribution in [0.1, 0.15) is 36.4 Å². The molecule has 3 heterocycles. The van der Waals surface area contributed by atoms with Crippen LogP contribution in [0.15, 0.2) is 24.4 Å². The second-order valence-electron chi connectivity index (χ2n) is 7.55. The van der Waals surface area contributed by atoms with E-state index in [1.54, 1.807) is 4.90 Å². The molecule has 0 saturated carbocycles. The summed E-state index contributed by atoms with van der Waals surface area (Å²) in [6.07, 6.45) is 3.60. The number of carbonyl (C=O) groups is 2. The van der Waals surface area contributed by atoms with Gasteiger partial charge in [0.25, 0.3) is 0 Å². The maximum atomic E-state index is 14.0. The quantitative estimate of drug-likeness (QED) is 0.879. The highest BCUT2D eigenvalue weighted by molar-refractivity contribution is 6.00. The van der Waals surface area contributed by atoms with E-state index in [4.69, 9.17) is 0 Å². The lowest BCUT2D eigenvalue weighted by atomic mass is 9.89. The number of nitrogens with zero attached hydrogens (tertiary/aromatic N) is 3. The van der Waals surface area contributed by atoms with Crippen LogP contribution in [0.4, 0.5) is 14.5 Å². The molecule has 1 unspecified atom stereocenters. The van der Waals surface area contributed by atoms with E-state index in [0.717, 1.165) is 30.7 Å². The van der Waals surface area contributed by atoms with Crippen molar-refractivity contribution in [3.63, 3.8) is 0 Å². The second-order valence-corrected chi connectivity index (χ2v) is 7.55. The van der Waals surface area contributed by atoms with Gasteiger partial charge in [-0.25, -0.2) is 8.78 Å². The number of amides is 2. The molecule has 1 N–H and O–H groups in total. The summed E-state index contributed by atoms with van der Waals surface area (Å²) in [6, 6.07) is 3.11. The Balaban J connectivity index is 1.39. The third-order valence-electron chi connectivity index (χ3n) is 5.79. The van der Waals surface area contributed by atoms with E-state index in [1.165, 1.54) is 16.5 Å². The van der Waals surface area contributed by atoms with Gasteiger partial charge in [-0.15, -0.1) is 0 Å². The van der Waals surface area contributed by atoms with Crippen LogP contribution in [0.3, 0.4) is 0 Å². The Kier molecular flexibility index (Phi) is 4.87. The standard InChI is InChI=1S/C20H22F2N4O2/c1-12-16(10-23-24-12)13-4-6-25(7-5-13)20(28)14-8-19(27)26(11-14)18-3-2-15(21)9-17(18)22/h2-3,9-10,13-14H,4-8,11H2,1H3,(H,23,24). The van der Waals surface area contributed by atoms with Crippen molar-refractivity contribution in [1.29, 1.82) is 0 Å². The first kappa shape index (κ1) is 18.6. The SMILES string of the molecule is Cc1[nH]ncc1C1CCN(C(=O)C2CC(=O)N(c3ccc(F)cc3F)C2)CC1. The fourth-order valence-electron chi connectivity index (χ4n) is 4.25. The number of nitrogens with one attached hydrogen (secondary N) is 1. The van der Waals surface area contributed by atoms with Crippen LogP contribution in [-0.4, -0.2) is 46.5 Å². The zero-order valence-electron chi connectivity index (χ0n) is 15.6. The van der Waals surface area contributed by atoms with Crippen molar-refractivity contribution in [1.82, 2.24) is 15.1 Å². The van der Waals surface area contributed by atoms with E-state index < -0.39 is 17.6 Å². The van der Waals surface area contributed by atoms with Crippen LogP contribution in [0.2, 0.25) is 0 Å². The van der Waals surface area contributed by atoms with E-state index >= 15 is 0 Å². The lowest BCUT2D eigenvalue weighted by Gasteiger charge is -2.33. The highest BCUT2D eigenvalue weighted by Crippen LogP contribution is 2.32. The van der Waals surface area contributed by atoms with Crippen molar-refractivity contribution in [2.45, 2.75) is 32.1 Å². The molecular formula is C20H22F2N4O2. The Morgan fingerprint density at radius 2 is 2.00 bits per heavy atom. The van der Waals surface area contributed by atoms with Crippen LogP contribution in [0.5, 0.6) is 0 Å². The lowest BCUT2D eigenvalue weighted by molar-refractivity contribution is -0.136. The first-order chi connectivity index (χ1) is 13.4. The maximum Gasteiger partial charge on any atom is 0.228 e. The van der Waals surface area contributed by atoms with Gasteiger partial charge in [0.2, 0.25) is 11.8 Å². The molecule has 1 aromatic heterocycles. The molecule has 0 bridgehead atoms. The fourth-order valence-corrected chi connectivity index (χ4v) is 4.25. The Morgan fingerprint density at radius 1 is 1.25 bits per heavy atom. The molecule has 0 radical (unpaired) electrons. The first-order valence-corrected chi connectivity index (χ1v) is 9.48. The zero-order valence-corrected chi connectivity index (χ0v) is 15.6. The number of likely N-dealkylation sites (tertiary alicyclic amines) is 1. The number of hydrogen-bond acceptors (Lipinski definition) is 3. The molecule has 4 rings (SSSR count). The molecule has 2 amide bonds. The van der Waals surface area contributed by atoms with Gasteiger partial charge in [-0.05, 0) is 43.4 Å². The topological polar surface area (TPSA) is 69.3 Å². The summed E-state index contributed by atoms with van der Waals surface area (Å²) >= 11 is 0. The summed E-state index contributed by atoms with van der Waals surface area (Å²) in [5, 5.41) is 7.02.